The molecule has 1 aliphatic heterocycles. The fourth-order valence-electron chi connectivity index (χ4n) is 3.80. The number of alkyl halides is 6. The Labute approximate surface area is 227 Å². The van der Waals surface area contributed by atoms with E-state index in [9.17, 15) is 40.7 Å². The molecule has 3 rings (SSSR count). The molecule has 1 heterocycles. The molecule has 0 fully saturated rings. The van der Waals surface area contributed by atoms with Crippen molar-refractivity contribution < 1.29 is 45.6 Å². The fraction of sp³-hybridized carbons (Fsp3) is 0.333. The number of nitrogens with one attached hydrogen (secondary N) is 1. The van der Waals surface area contributed by atoms with Crippen LogP contribution in [0.4, 0.5) is 26.3 Å². The molecule has 1 N–H and O–H groups in total. The number of halogens is 8. The van der Waals surface area contributed by atoms with Crippen LogP contribution in [0, 0.1) is 6.92 Å². The van der Waals surface area contributed by atoms with Gasteiger partial charge in [-0.15, -0.1) is 0 Å². The van der Waals surface area contributed by atoms with Gasteiger partial charge in [0.1, 0.15) is 13.1 Å². The van der Waals surface area contributed by atoms with Crippen molar-refractivity contribution in [3.8, 4) is 0 Å². The van der Waals surface area contributed by atoms with Crippen molar-refractivity contribution in [2.75, 3.05) is 13.1 Å². The Morgan fingerprint density at radius 3 is 2.18 bits per heavy atom. The SMILES string of the molecule is CC(=O)N(CC(=O)NCC(F)(F)F)C(=O)c1ccc(C2=NOC(c3cc(Cl)cc(Cl)c3)(C(F)(F)F)C2)cc1C. The fourth-order valence-corrected chi connectivity index (χ4v) is 4.32. The molecule has 0 radical (unpaired) electrons. The molecule has 0 aromatic heterocycles. The highest BCUT2D eigenvalue weighted by molar-refractivity contribution is 6.34. The Balaban J connectivity index is 1.85. The number of imide groups is 1. The van der Waals surface area contributed by atoms with Gasteiger partial charge in [-0.2, -0.15) is 26.3 Å². The van der Waals surface area contributed by atoms with Crippen LogP contribution >= 0.6 is 23.2 Å². The lowest BCUT2D eigenvalue weighted by molar-refractivity contribution is -0.275. The van der Waals surface area contributed by atoms with Gasteiger partial charge in [-0.3, -0.25) is 19.3 Å². The smallest absolute Gasteiger partial charge is 0.374 e. The van der Waals surface area contributed by atoms with Crippen molar-refractivity contribution >= 4 is 46.6 Å². The topological polar surface area (TPSA) is 88.1 Å². The largest absolute Gasteiger partial charge is 0.435 e. The van der Waals surface area contributed by atoms with Gasteiger partial charge in [0.25, 0.3) is 11.5 Å². The first-order valence-corrected chi connectivity index (χ1v) is 11.7. The van der Waals surface area contributed by atoms with Crippen molar-refractivity contribution in [2.24, 2.45) is 5.16 Å². The number of hydrogen-bond acceptors (Lipinski definition) is 5. The van der Waals surface area contributed by atoms with Crippen LogP contribution in [-0.2, 0) is 20.0 Å². The van der Waals surface area contributed by atoms with Gasteiger partial charge in [-0.1, -0.05) is 34.4 Å². The highest BCUT2D eigenvalue weighted by atomic mass is 35.5. The molecule has 1 atom stereocenters. The maximum Gasteiger partial charge on any atom is 0.435 e. The Kier molecular flexibility index (Phi) is 8.56. The van der Waals surface area contributed by atoms with E-state index in [0.29, 0.717) is 4.90 Å². The molecule has 210 valence electrons. The van der Waals surface area contributed by atoms with Crippen LogP contribution in [0.1, 0.15) is 40.4 Å². The van der Waals surface area contributed by atoms with Gasteiger partial charge < -0.3 is 10.2 Å². The van der Waals surface area contributed by atoms with E-state index < -0.39 is 55.2 Å². The van der Waals surface area contributed by atoms with Crippen molar-refractivity contribution in [2.45, 2.75) is 38.2 Å². The van der Waals surface area contributed by atoms with Gasteiger partial charge in [-0.05, 0) is 48.4 Å². The number of nitrogens with zero attached hydrogens (tertiary/aromatic N) is 2. The summed E-state index contributed by atoms with van der Waals surface area (Å²) >= 11 is 11.8. The first-order valence-electron chi connectivity index (χ1n) is 11.0. The standard InChI is InChI=1S/C24H19Cl2F6N3O4/c1-12-5-14(3-4-18(12)21(38)35(13(2)36)10-20(37)33-11-23(27,28)29)19-9-22(39-34-19,24(30,31)32)15-6-16(25)8-17(26)7-15/h3-8H,9-11H2,1-2H3,(H,33,37). The molecule has 1 unspecified atom stereocenters. The predicted octanol–water partition coefficient (Wildman–Crippen LogP) is 5.55. The second-order valence-corrected chi connectivity index (χ2v) is 9.49. The molecule has 0 spiro atoms. The number of hydrogen-bond donors (Lipinski definition) is 1. The van der Waals surface area contributed by atoms with Crippen molar-refractivity contribution in [3.05, 3.63) is 68.7 Å². The Hall–Kier alpha value is -3.32. The molecule has 0 saturated carbocycles. The summed E-state index contributed by atoms with van der Waals surface area (Å²) in [6, 6.07) is 7.18. The van der Waals surface area contributed by atoms with E-state index in [0.717, 1.165) is 19.1 Å². The van der Waals surface area contributed by atoms with Crippen molar-refractivity contribution in [3.63, 3.8) is 0 Å². The van der Waals surface area contributed by atoms with Gasteiger partial charge in [0.2, 0.25) is 11.8 Å². The Morgan fingerprint density at radius 2 is 1.67 bits per heavy atom. The zero-order valence-corrected chi connectivity index (χ0v) is 21.6. The lowest BCUT2D eigenvalue weighted by atomic mass is 9.86. The minimum Gasteiger partial charge on any atom is -0.374 e. The number of benzene rings is 2. The molecule has 0 aliphatic carbocycles. The van der Waals surface area contributed by atoms with E-state index in [1.807, 2.05) is 0 Å². The quantitative estimate of drug-likeness (QED) is 0.442. The Morgan fingerprint density at radius 1 is 1.05 bits per heavy atom. The maximum atomic E-state index is 14.2. The van der Waals surface area contributed by atoms with Crippen LogP contribution in [0.25, 0.3) is 0 Å². The predicted molar refractivity (Wildman–Crippen MR) is 128 cm³/mol. The highest BCUT2D eigenvalue weighted by Gasteiger charge is 2.62. The molecular weight excluding hydrogens is 579 g/mol. The number of carbonyl (C=O) groups excluding carboxylic acids is 3. The van der Waals surface area contributed by atoms with Gasteiger partial charge in [0.05, 0.1) is 5.71 Å². The molecule has 2 aromatic rings. The third-order valence-electron chi connectivity index (χ3n) is 5.72. The second kappa shape index (κ2) is 11.0. The molecule has 2 aromatic carbocycles. The second-order valence-electron chi connectivity index (χ2n) is 8.62. The normalized spacial score (nSPS) is 17.3. The van der Waals surface area contributed by atoms with Crippen molar-refractivity contribution in [1.82, 2.24) is 10.2 Å². The minimum atomic E-state index is -4.92. The van der Waals surface area contributed by atoms with Gasteiger partial charge in [0.15, 0.2) is 0 Å². The van der Waals surface area contributed by atoms with E-state index >= 15 is 0 Å². The highest BCUT2D eigenvalue weighted by Crippen LogP contribution is 2.49. The number of aryl methyl sites for hydroxylation is 1. The zero-order chi connectivity index (χ0) is 29.3. The third-order valence-corrected chi connectivity index (χ3v) is 6.15. The van der Waals surface area contributed by atoms with Crippen LogP contribution in [0.15, 0.2) is 41.6 Å². The lowest BCUT2D eigenvalue weighted by Crippen LogP contribution is -2.45. The molecular formula is C24H19Cl2F6N3O4. The van der Waals surface area contributed by atoms with Gasteiger partial charge >= 0.3 is 12.4 Å². The van der Waals surface area contributed by atoms with E-state index in [4.69, 9.17) is 28.0 Å². The molecule has 15 heteroatoms. The summed E-state index contributed by atoms with van der Waals surface area (Å²) in [5.41, 5.74) is -3.11. The summed E-state index contributed by atoms with van der Waals surface area (Å²) < 4.78 is 79.7. The summed E-state index contributed by atoms with van der Waals surface area (Å²) in [5.74, 6) is -3.11. The molecule has 0 saturated heterocycles. The monoisotopic (exact) mass is 597 g/mol. The summed E-state index contributed by atoms with van der Waals surface area (Å²) in [5, 5.41) is 5.12. The lowest BCUT2D eigenvalue weighted by Gasteiger charge is -2.29. The van der Waals surface area contributed by atoms with Crippen LogP contribution < -0.4 is 5.32 Å². The maximum absolute atomic E-state index is 14.2. The average Bonchev–Trinajstić information content (AvgIpc) is 3.27. The number of rotatable bonds is 6. The third kappa shape index (κ3) is 6.82. The summed E-state index contributed by atoms with van der Waals surface area (Å²) in [4.78, 5) is 42.2. The summed E-state index contributed by atoms with van der Waals surface area (Å²) in [7, 11) is 0. The first-order chi connectivity index (χ1) is 17.9. The van der Waals surface area contributed by atoms with Crippen LogP contribution in [-0.4, -0.2) is 53.8 Å². The first kappa shape index (κ1) is 30.2. The Bertz CT molecular complexity index is 1330. The van der Waals surface area contributed by atoms with E-state index in [2.05, 4.69) is 5.16 Å². The van der Waals surface area contributed by atoms with E-state index in [1.54, 1.807) is 5.32 Å². The molecule has 3 amide bonds. The number of oxime groups is 1. The molecule has 0 bridgehead atoms. The zero-order valence-electron chi connectivity index (χ0n) is 20.1. The molecule has 7 nitrogen and oxygen atoms in total. The van der Waals surface area contributed by atoms with Crippen molar-refractivity contribution in [1.29, 1.82) is 0 Å². The van der Waals surface area contributed by atoms with E-state index in [1.165, 1.54) is 31.2 Å². The molecule has 39 heavy (non-hydrogen) atoms. The summed E-state index contributed by atoms with van der Waals surface area (Å²) in [6.45, 7) is -0.252. The van der Waals surface area contributed by atoms with Crippen LogP contribution in [0.5, 0.6) is 0 Å². The molecule has 1 aliphatic rings. The average molecular weight is 598 g/mol. The number of amides is 3. The van der Waals surface area contributed by atoms with Crippen LogP contribution in [0.2, 0.25) is 10.0 Å². The van der Waals surface area contributed by atoms with Crippen LogP contribution in [0.3, 0.4) is 0 Å². The minimum absolute atomic E-state index is 0.0426. The van der Waals surface area contributed by atoms with Gasteiger partial charge in [-0.25, -0.2) is 0 Å². The van der Waals surface area contributed by atoms with Gasteiger partial charge in [0, 0.05) is 34.5 Å². The van der Waals surface area contributed by atoms with E-state index in [-0.39, 0.29) is 38.0 Å². The number of carbonyl (C=O) groups is 3. The summed E-state index contributed by atoms with van der Waals surface area (Å²) in [6.07, 6.45) is -10.4.